The zero-order valence-corrected chi connectivity index (χ0v) is 16.1. The number of methoxy groups -OCH3 is 1. The Bertz CT molecular complexity index is 1190. The molecule has 0 N–H and O–H groups in total. The molecular weight excluding hydrogens is 382 g/mol. The first kappa shape index (κ1) is 18.0. The quantitative estimate of drug-likeness (QED) is 0.467. The van der Waals surface area contributed by atoms with Crippen molar-refractivity contribution < 1.29 is 4.74 Å². The molecular formula is C20H16ClN3O2S. The van der Waals surface area contributed by atoms with Crippen LogP contribution in [0.25, 0.3) is 21.8 Å². The van der Waals surface area contributed by atoms with Gasteiger partial charge in [-0.3, -0.25) is 14.3 Å². The largest absolute Gasteiger partial charge is 0.383 e. The number of nitrogens with zero attached hydrogens (tertiary/aromatic N) is 3. The molecule has 0 amide bonds. The van der Waals surface area contributed by atoms with E-state index in [-0.39, 0.29) is 5.56 Å². The smallest absolute Gasteiger partial charge is 0.262 e. The maximum Gasteiger partial charge on any atom is 0.262 e. The molecule has 27 heavy (non-hydrogen) atoms. The molecule has 0 atom stereocenters. The normalized spacial score (nSPS) is 11.3. The van der Waals surface area contributed by atoms with Crippen LogP contribution < -0.4 is 5.56 Å². The molecule has 0 bridgehead atoms. The van der Waals surface area contributed by atoms with E-state index in [1.807, 2.05) is 42.5 Å². The van der Waals surface area contributed by atoms with Crippen LogP contribution in [0.1, 0.15) is 0 Å². The van der Waals surface area contributed by atoms with Gasteiger partial charge in [0.25, 0.3) is 5.56 Å². The van der Waals surface area contributed by atoms with Gasteiger partial charge in [0.1, 0.15) is 0 Å². The van der Waals surface area contributed by atoms with Crippen molar-refractivity contribution in [2.75, 3.05) is 13.7 Å². The Hall–Kier alpha value is -2.41. The predicted octanol–water partition coefficient (Wildman–Crippen LogP) is 4.40. The SMILES string of the molecule is COCCn1c(Sc2ccnc3cc(Cl)ccc23)nc2ccccc2c1=O. The van der Waals surface area contributed by atoms with E-state index >= 15 is 0 Å². The zero-order chi connectivity index (χ0) is 18.8. The predicted molar refractivity (Wildman–Crippen MR) is 109 cm³/mol. The van der Waals surface area contributed by atoms with Crippen molar-refractivity contribution in [2.24, 2.45) is 0 Å². The van der Waals surface area contributed by atoms with Crippen molar-refractivity contribution in [1.29, 1.82) is 0 Å². The fraction of sp³-hybridized carbons (Fsp3) is 0.150. The summed E-state index contributed by atoms with van der Waals surface area (Å²) in [7, 11) is 1.62. The molecule has 0 spiro atoms. The van der Waals surface area contributed by atoms with Crippen molar-refractivity contribution in [3.63, 3.8) is 0 Å². The molecule has 0 aliphatic rings. The van der Waals surface area contributed by atoms with Gasteiger partial charge in [0.2, 0.25) is 0 Å². The van der Waals surface area contributed by atoms with Gasteiger partial charge in [-0.15, -0.1) is 0 Å². The molecule has 0 saturated heterocycles. The Kier molecular flexibility index (Phi) is 5.11. The number of halogens is 1. The van der Waals surface area contributed by atoms with E-state index in [9.17, 15) is 4.79 Å². The average molecular weight is 398 g/mol. The molecule has 0 saturated carbocycles. The lowest BCUT2D eigenvalue weighted by Gasteiger charge is -2.13. The standard InChI is InChI=1S/C20H16ClN3O2S/c1-26-11-10-24-19(25)15-4-2-3-5-16(15)23-20(24)27-18-8-9-22-17-12-13(21)6-7-14(17)18/h2-9,12H,10-11H2,1H3. The molecule has 0 fully saturated rings. The lowest BCUT2D eigenvalue weighted by Crippen LogP contribution is -2.25. The van der Waals surface area contributed by atoms with Gasteiger partial charge in [-0.2, -0.15) is 0 Å². The number of benzene rings is 2. The molecule has 0 unspecified atom stereocenters. The van der Waals surface area contributed by atoms with E-state index in [1.54, 1.807) is 23.9 Å². The van der Waals surface area contributed by atoms with Crippen LogP contribution in [0.3, 0.4) is 0 Å². The van der Waals surface area contributed by atoms with E-state index < -0.39 is 0 Å². The summed E-state index contributed by atoms with van der Waals surface area (Å²) in [6.07, 6.45) is 1.74. The van der Waals surface area contributed by atoms with Crippen LogP contribution in [-0.2, 0) is 11.3 Å². The number of aromatic nitrogens is 3. The maximum absolute atomic E-state index is 13.0. The van der Waals surface area contributed by atoms with Gasteiger partial charge in [0, 0.05) is 28.6 Å². The van der Waals surface area contributed by atoms with Crippen LogP contribution in [0.15, 0.2) is 69.6 Å². The number of hydrogen-bond donors (Lipinski definition) is 0. The minimum absolute atomic E-state index is 0.0680. The first-order valence-electron chi connectivity index (χ1n) is 8.38. The second kappa shape index (κ2) is 7.68. The summed E-state index contributed by atoms with van der Waals surface area (Å²) < 4.78 is 6.85. The molecule has 136 valence electrons. The van der Waals surface area contributed by atoms with Crippen LogP contribution in [0.4, 0.5) is 0 Å². The Morgan fingerprint density at radius 3 is 2.81 bits per heavy atom. The lowest BCUT2D eigenvalue weighted by molar-refractivity contribution is 0.183. The number of para-hydroxylation sites is 1. The van der Waals surface area contributed by atoms with Gasteiger partial charge in [-0.05, 0) is 30.3 Å². The van der Waals surface area contributed by atoms with Gasteiger partial charge in [0.15, 0.2) is 5.16 Å². The Balaban J connectivity index is 1.87. The number of fused-ring (bicyclic) bond motifs is 2. The van der Waals surface area contributed by atoms with Gasteiger partial charge in [0.05, 0.1) is 29.6 Å². The van der Waals surface area contributed by atoms with Gasteiger partial charge >= 0.3 is 0 Å². The maximum atomic E-state index is 13.0. The fourth-order valence-electron chi connectivity index (χ4n) is 2.89. The lowest BCUT2D eigenvalue weighted by atomic mass is 10.2. The molecule has 2 heterocycles. The first-order valence-corrected chi connectivity index (χ1v) is 9.57. The van der Waals surface area contributed by atoms with Crippen molar-refractivity contribution >= 4 is 45.2 Å². The molecule has 2 aromatic carbocycles. The van der Waals surface area contributed by atoms with Crippen molar-refractivity contribution in [2.45, 2.75) is 16.6 Å². The minimum Gasteiger partial charge on any atom is -0.383 e. The number of pyridine rings is 1. The summed E-state index contributed by atoms with van der Waals surface area (Å²) in [4.78, 5) is 23.1. The van der Waals surface area contributed by atoms with E-state index in [2.05, 4.69) is 4.98 Å². The molecule has 5 nitrogen and oxygen atoms in total. The Morgan fingerprint density at radius 1 is 1.11 bits per heavy atom. The summed E-state index contributed by atoms with van der Waals surface area (Å²) in [5.41, 5.74) is 1.42. The highest BCUT2D eigenvalue weighted by Gasteiger charge is 2.14. The van der Waals surface area contributed by atoms with Crippen LogP contribution in [0.2, 0.25) is 5.02 Å². The minimum atomic E-state index is -0.0680. The number of ether oxygens (including phenoxy) is 1. The highest BCUT2D eigenvalue weighted by Crippen LogP contribution is 2.32. The Morgan fingerprint density at radius 2 is 1.96 bits per heavy atom. The highest BCUT2D eigenvalue weighted by atomic mass is 35.5. The molecule has 0 aliphatic carbocycles. The molecule has 4 rings (SSSR count). The molecule has 7 heteroatoms. The van der Waals surface area contributed by atoms with Crippen LogP contribution in [-0.4, -0.2) is 28.3 Å². The Labute approximate surface area is 165 Å². The number of hydrogen-bond acceptors (Lipinski definition) is 5. The average Bonchev–Trinajstić information content (AvgIpc) is 2.68. The van der Waals surface area contributed by atoms with Gasteiger partial charge in [-0.1, -0.05) is 41.6 Å². The molecule has 0 radical (unpaired) electrons. The summed E-state index contributed by atoms with van der Waals surface area (Å²) >= 11 is 7.52. The zero-order valence-electron chi connectivity index (χ0n) is 14.6. The summed E-state index contributed by atoms with van der Waals surface area (Å²) in [6, 6.07) is 14.9. The van der Waals surface area contributed by atoms with Crippen molar-refractivity contribution in [1.82, 2.24) is 14.5 Å². The summed E-state index contributed by atoms with van der Waals surface area (Å²) in [5.74, 6) is 0. The fourth-order valence-corrected chi connectivity index (χ4v) is 4.09. The summed E-state index contributed by atoms with van der Waals surface area (Å²) in [5, 5.41) is 2.83. The second-order valence-corrected chi connectivity index (χ2v) is 7.38. The third-order valence-electron chi connectivity index (χ3n) is 4.21. The second-order valence-electron chi connectivity index (χ2n) is 5.93. The third kappa shape index (κ3) is 3.56. The van der Waals surface area contributed by atoms with Crippen molar-refractivity contribution in [3.8, 4) is 0 Å². The molecule has 0 aliphatic heterocycles. The third-order valence-corrected chi connectivity index (χ3v) is 5.52. The van der Waals surface area contributed by atoms with E-state index in [1.165, 1.54) is 11.8 Å². The van der Waals surface area contributed by atoms with E-state index in [4.69, 9.17) is 21.3 Å². The highest BCUT2D eigenvalue weighted by molar-refractivity contribution is 7.99. The number of rotatable bonds is 5. The molecule has 4 aromatic rings. The van der Waals surface area contributed by atoms with Crippen LogP contribution in [0, 0.1) is 0 Å². The topological polar surface area (TPSA) is 57.0 Å². The van der Waals surface area contributed by atoms with Crippen molar-refractivity contribution in [3.05, 3.63) is 70.1 Å². The van der Waals surface area contributed by atoms with Crippen LogP contribution in [0.5, 0.6) is 0 Å². The first-order chi connectivity index (χ1) is 13.2. The van der Waals surface area contributed by atoms with E-state index in [0.717, 1.165) is 15.8 Å². The van der Waals surface area contributed by atoms with Crippen LogP contribution >= 0.6 is 23.4 Å². The van der Waals surface area contributed by atoms with Gasteiger partial charge < -0.3 is 4.74 Å². The summed E-state index contributed by atoms with van der Waals surface area (Å²) in [6.45, 7) is 0.866. The monoisotopic (exact) mass is 397 g/mol. The molecule has 2 aromatic heterocycles. The van der Waals surface area contributed by atoms with E-state index in [0.29, 0.717) is 34.2 Å². The van der Waals surface area contributed by atoms with Gasteiger partial charge in [-0.25, -0.2) is 4.98 Å².